The number of carbonyl (C=O) groups excluding carboxylic acids is 1. The first-order chi connectivity index (χ1) is 16.4. The molecule has 9 nitrogen and oxygen atoms in total. The summed E-state index contributed by atoms with van der Waals surface area (Å²) in [6.07, 6.45) is 2.26. The summed E-state index contributed by atoms with van der Waals surface area (Å²) in [4.78, 5) is 20.4. The first kappa shape index (κ1) is 21.6. The van der Waals surface area contributed by atoms with Crippen molar-refractivity contribution in [2.45, 2.75) is 25.2 Å². The van der Waals surface area contributed by atoms with Crippen LogP contribution < -0.4 is 20.5 Å². The Morgan fingerprint density at radius 3 is 2.68 bits per heavy atom. The van der Waals surface area contributed by atoms with Gasteiger partial charge in [-0.15, -0.1) is 0 Å². The number of nitrogens with zero attached hydrogens (tertiary/aromatic N) is 3. The zero-order valence-corrected chi connectivity index (χ0v) is 18.8. The largest absolute Gasteiger partial charge is 0.497 e. The third kappa shape index (κ3) is 3.76. The number of ether oxygens (including phenoxy) is 2. The average Bonchev–Trinajstić information content (AvgIpc) is 3.53. The van der Waals surface area contributed by atoms with Gasteiger partial charge < -0.3 is 20.5 Å². The van der Waals surface area contributed by atoms with Gasteiger partial charge in [0, 0.05) is 10.9 Å². The number of hydrogen-bond acceptors (Lipinski definition) is 7. The number of benzene rings is 2. The number of aromatic nitrogens is 4. The number of aryl methyl sites for hydroxylation is 1. The summed E-state index contributed by atoms with van der Waals surface area (Å²) < 4.78 is 25.9. The number of amides is 1. The second kappa shape index (κ2) is 8.29. The zero-order valence-electron chi connectivity index (χ0n) is 18.8. The molecule has 0 radical (unpaired) electrons. The fourth-order valence-corrected chi connectivity index (χ4v) is 4.33. The smallest absolute Gasteiger partial charge is 0.248 e. The number of H-pyrrole nitrogens is 1. The molecule has 1 saturated carbocycles. The van der Waals surface area contributed by atoms with Crippen LogP contribution in [0.4, 0.5) is 16.0 Å². The molecule has 1 aliphatic rings. The van der Waals surface area contributed by atoms with Gasteiger partial charge in [0.15, 0.2) is 17.4 Å². The normalized spacial score (nSPS) is 16.9. The number of methoxy groups -OCH3 is 2. The van der Waals surface area contributed by atoms with E-state index < -0.39 is 5.91 Å². The minimum atomic E-state index is -0.515. The van der Waals surface area contributed by atoms with Crippen LogP contribution in [0.1, 0.15) is 45.6 Å². The molecular formula is C24H23FN6O3. The van der Waals surface area contributed by atoms with E-state index in [0.29, 0.717) is 57.4 Å². The van der Waals surface area contributed by atoms with E-state index in [2.05, 4.69) is 25.5 Å². The summed E-state index contributed by atoms with van der Waals surface area (Å²) in [7, 11) is 3.08. The molecule has 174 valence electrons. The predicted octanol–water partition coefficient (Wildman–Crippen LogP) is 3.93. The quantitative estimate of drug-likeness (QED) is 0.380. The van der Waals surface area contributed by atoms with Gasteiger partial charge in [-0.25, -0.2) is 14.4 Å². The molecule has 1 amide bonds. The lowest BCUT2D eigenvalue weighted by Crippen LogP contribution is -2.13. The number of carbonyl (C=O) groups is 1. The minimum absolute atomic E-state index is 0.0293. The number of nitrogens with one attached hydrogen (secondary N) is 2. The Morgan fingerprint density at radius 1 is 1.15 bits per heavy atom. The lowest BCUT2D eigenvalue weighted by atomic mass is 9.98. The molecule has 0 aliphatic heterocycles. The van der Waals surface area contributed by atoms with Crippen molar-refractivity contribution in [1.29, 1.82) is 0 Å². The fraction of sp³-hybridized carbons (Fsp3) is 0.250. The van der Waals surface area contributed by atoms with E-state index in [4.69, 9.17) is 15.2 Å². The standard InChI is InChI=1S/C24H23FN6O3/c1-11-27-10-21(34-3)24(28-11)29-23-18-8-19(25)17(9-20(18)30-31-23)16-7-15(16)14-6-12(33-2)4-5-13(14)22(26)32/h4-6,8-10,15-16H,7H2,1-3H3,(H2,26,32)(H2,27,28,29,30,31). The van der Waals surface area contributed by atoms with Gasteiger partial charge in [0.2, 0.25) is 5.91 Å². The van der Waals surface area contributed by atoms with Crippen molar-refractivity contribution in [1.82, 2.24) is 20.2 Å². The third-order valence-electron chi connectivity index (χ3n) is 6.13. The van der Waals surface area contributed by atoms with Crippen molar-refractivity contribution < 1.29 is 18.7 Å². The van der Waals surface area contributed by atoms with Crippen molar-refractivity contribution in [2.75, 3.05) is 19.5 Å². The van der Waals surface area contributed by atoms with Crippen LogP contribution in [-0.4, -0.2) is 40.3 Å². The monoisotopic (exact) mass is 462 g/mol. The molecule has 10 heteroatoms. The van der Waals surface area contributed by atoms with E-state index >= 15 is 4.39 Å². The van der Waals surface area contributed by atoms with Crippen LogP contribution in [0.25, 0.3) is 10.9 Å². The van der Waals surface area contributed by atoms with E-state index in [0.717, 1.165) is 5.56 Å². The molecule has 1 aliphatic carbocycles. The molecule has 4 N–H and O–H groups in total. The minimum Gasteiger partial charge on any atom is -0.497 e. The van der Waals surface area contributed by atoms with Gasteiger partial charge in [-0.2, -0.15) is 5.10 Å². The molecule has 2 atom stereocenters. The summed E-state index contributed by atoms with van der Waals surface area (Å²) in [6.45, 7) is 1.76. The Hall–Kier alpha value is -4.21. The van der Waals surface area contributed by atoms with Crippen LogP contribution in [-0.2, 0) is 0 Å². The Labute approximate surface area is 194 Å². The van der Waals surface area contributed by atoms with Crippen molar-refractivity contribution in [2.24, 2.45) is 5.73 Å². The zero-order chi connectivity index (χ0) is 24.0. The number of fused-ring (bicyclic) bond motifs is 1. The van der Waals surface area contributed by atoms with Crippen molar-refractivity contribution in [3.05, 3.63) is 64.9 Å². The Kier molecular flexibility index (Phi) is 5.27. The molecule has 2 aromatic heterocycles. The molecule has 0 spiro atoms. The summed E-state index contributed by atoms with van der Waals surface area (Å²) in [5.74, 6) is 1.52. The molecule has 0 saturated heterocycles. The molecule has 1 fully saturated rings. The summed E-state index contributed by atoms with van der Waals surface area (Å²) in [6, 6.07) is 8.37. The number of primary amides is 1. The lowest BCUT2D eigenvalue weighted by Gasteiger charge is -2.10. The average molecular weight is 462 g/mol. The molecule has 2 unspecified atom stereocenters. The number of halogens is 1. The molecule has 2 aromatic carbocycles. The van der Waals surface area contributed by atoms with Crippen LogP contribution >= 0.6 is 0 Å². The van der Waals surface area contributed by atoms with Gasteiger partial charge in [-0.1, -0.05) is 0 Å². The third-order valence-corrected chi connectivity index (χ3v) is 6.13. The molecular weight excluding hydrogens is 439 g/mol. The lowest BCUT2D eigenvalue weighted by molar-refractivity contribution is 0.0999. The number of anilines is 2. The summed E-state index contributed by atoms with van der Waals surface area (Å²) in [5, 5.41) is 10.9. The number of nitrogens with two attached hydrogens (primary N) is 1. The maximum Gasteiger partial charge on any atom is 0.248 e. The van der Waals surface area contributed by atoms with E-state index in [1.54, 1.807) is 44.5 Å². The highest BCUT2D eigenvalue weighted by Gasteiger charge is 2.43. The van der Waals surface area contributed by atoms with Crippen LogP contribution in [0.5, 0.6) is 11.5 Å². The van der Waals surface area contributed by atoms with Crippen LogP contribution in [0.2, 0.25) is 0 Å². The van der Waals surface area contributed by atoms with Crippen LogP contribution in [0, 0.1) is 12.7 Å². The highest BCUT2D eigenvalue weighted by atomic mass is 19.1. The van der Waals surface area contributed by atoms with Gasteiger partial charge in [-0.3, -0.25) is 9.89 Å². The van der Waals surface area contributed by atoms with Gasteiger partial charge in [-0.05, 0) is 66.6 Å². The van der Waals surface area contributed by atoms with Crippen molar-refractivity contribution >= 4 is 28.4 Å². The SMILES string of the molecule is COc1ccc(C(N)=O)c(C2CC2c2cc3[nH]nc(Nc4nc(C)ncc4OC)c3cc2F)c1. The summed E-state index contributed by atoms with van der Waals surface area (Å²) in [5.41, 5.74) is 8.00. The molecule has 4 aromatic rings. The Bertz CT molecular complexity index is 1420. The first-order valence-electron chi connectivity index (χ1n) is 10.7. The number of hydrogen-bond donors (Lipinski definition) is 3. The van der Waals surface area contributed by atoms with Crippen molar-refractivity contribution in [3.8, 4) is 11.5 Å². The van der Waals surface area contributed by atoms with E-state index in [9.17, 15) is 4.79 Å². The van der Waals surface area contributed by atoms with Gasteiger partial charge >= 0.3 is 0 Å². The van der Waals surface area contributed by atoms with E-state index in [-0.39, 0.29) is 17.7 Å². The highest BCUT2D eigenvalue weighted by Crippen LogP contribution is 2.56. The maximum absolute atomic E-state index is 15.3. The predicted molar refractivity (Wildman–Crippen MR) is 124 cm³/mol. The van der Waals surface area contributed by atoms with Crippen LogP contribution in [0.3, 0.4) is 0 Å². The Balaban J connectivity index is 1.46. The second-order valence-corrected chi connectivity index (χ2v) is 8.22. The number of rotatable bonds is 7. The summed E-state index contributed by atoms with van der Waals surface area (Å²) >= 11 is 0. The van der Waals surface area contributed by atoms with Gasteiger partial charge in [0.05, 0.1) is 25.9 Å². The second-order valence-electron chi connectivity index (χ2n) is 8.22. The fourth-order valence-electron chi connectivity index (χ4n) is 4.33. The van der Waals surface area contributed by atoms with Gasteiger partial charge in [0.25, 0.3) is 0 Å². The van der Waals surface area contributed by atoms with Gasteiger partial charge in [0.1, 0.15) is 17.4 Å². The van der Waals surface area contributed by atoms with E-state index in [1.165, 1.54) is 13.2 Å². The highest BCUT2D eigenvalue weighted by molar-refractivity contribution is 5.95. The van der Waals surface area contributed by atoms with E-state index in [1.807, 2.05) is 0 Å². The molecule has 2 heterocycles. The van der Waals surface area contributed by atoms with Crippen molar-refractivity contribution in [3.63, 3.8) is 0 Å². The first-order valence-corrected chi connectivity index (χ1v) is 10.7. The Morgan fingerprint density at radius 2 is 1.94 bits per heavy atom. The van der Waals surface area contributed by atoms with Crippen LogP contribution in [0.15, 0.2) is 36.5 Å². The number of aromatic amines is 1. The molecule has 0 bridgehead atoms. The molecule has 5 rings (SSSR count). The maximum atomic E-state index is 15.3. The molecule has 34 heavy (non-hydrogen) atoms. The topological polar surface area (TPSA) is 128 Å².